The molecular weight excluding hydrogens is 209 g/mol. The van der Waals surface area contributed by atoms with E-state index in [1.807, 2.05) is 13.0 Å². The van der Waals surface area contributed by atoms with Crippen LogP contribution in [0.2, 0.25) is 0 Å². The molecule has 4 heteroatoms. The Balaban J connectivity index is 2.14. The fourth-order valence-corrected chi connectivity index (χ4v) is 1.83. The molecule has 1 aliphatic heterocycles. The van der Waals surface area contributed by atoms with Gasteiger partial charge in [0.2, 0.25) is 5.91 Å². The molecule has 16 heavy (non-hydrogen) atoms. The predicted molar refractivity (Wildman–Crippen MR) is 57.3 cm³/mol. The van der Waals surface area contributed by atoms with E-state index < -0.39 is 0 Å². The third-order valence-corrected chi connectivity index (χ3v) is 2.75. The molecule has 0 unspecified atom stereocenters. The van der Waals surface area contributed by atoms with Crippen LogP contribution in [0.25, 0.3) is 0 Å². The van der Waals surface area contributed by atoms with Crippen molar-refractivity contribution in [3.63, 3.8) is 0 Å². The number of hydrogen-bond donors (Lipinski definition) is 0. The first-order chi connectivity index (χ1) is 7.70. The van der Waals surface area contributed by atoms with E-state index in [-0.39, 0.29) is 24.4 Å². The highest BCUT2D eigenvalue weighted by atomic mass is 19.1. The number of carbonyl (C=O) groups excluding carboxylic acids is 1. The average Bonchev–Trinajstić information content (AvgIpc) is 2.29. The molecule has 1 saturated heterocycles. The summed E-state index contributed by atoms with van der Waals surface area (Å²) in [6.07, 6.45) is -0.214. The molecule has 1 fully saturated rings. The average molecular weight is 223 g/mol. The van der Waals surface area contributed by atoms with Crippen LogP contribution in [0, 0.1) is 5.82 Å². The second-order valence-electron chi connectivity index (χ2n) is 3.79. The number of rotatable bonds is 2. The quantitative estimate of drug-likeness (QED) is 0.764. The van der Waals surface area contributed by atoms with E-state index in [9.17, 15) is 9.18 Å². The number of nitrogens with zero attached hydrogens (tertiary/aromatic N) is 1. The van der Waals surface area contributed by atoms with Crippen LogP contribution in [-0.4, -0.2) is 30.5 Å². The molecule has 0 saturated carbocycles. The Kier molecular flexibility index (Phi) is 3.19. The van der Waals surface area contributed by atoms with Gasteiger partial charge in [0.25, 0.3) is 0 Å². The maximum atomic E-state index is 13.0. The first-order valence-corrected chi connectivity index (χ1v) is 5.35. The smallest absolute Gasteiger partial charge is 0.248 e. The molecule has 0 N–H and O–H groups in total. The van der Waals surface area contributed by atoms with Crippen molar-refractivity contribution in [3.8, 4) is 0 Å². The van der Waals surface area contributed by atoms with Crippen molar-refractivity contribution < 1.29 is 13.9 Å². The lowest BCUT2D eigenvalue weighted by molar-refractivity contribution is -0.148. The third kappa shape index (κ3) is 2.22. The SMILES string of the molecule is CCN1C[C@H](c2cccc(F)c2)OCC1=O. The molecule has 1 aromatic rings. The Bertz CT molecular complexity index is 394. The van der Waals surface area contributed by atoms with Crippen molar-refractivity contribution in [1.82, 2.24) is 4.90 Å². The van der Waals surface area contributed by atoms with Crippen molar-refractivity contribution in [2.24, 2.45) is 0 Å². The normalized spacial score (nSPS) is 21.2. The van der Waals surface area contributed by atoms with Crippen LogP contribution >= 0.6 is 0 Å². The standard InChI is InChI=1S/C12H14FNO2/c1-2-14-7-11(16-8-12(14)15)9-4-3-5-10(13)6-9/h3-6,11H,2,7-8H2,1H3/t11-/m1/s1. The maximum absolute atomic E-state index is 13.0. The Morgan fingerprint density at radius 1 is 1.56 bits per heavy atom. The van der Waals surface area contributed by atoms with Gasteiger partial charge in [-0.3, -0.25) is 4.79 Å². The van der Waals surface area contributed by atoms with Crippen molar-refractivity contribution in [1.29, 1.82) is 0 Å². The maximum Gasteiger partial charge on any atom is 0.248 e. The first-order valence-electron chi connectivity index (χ1n) is 5.35. The molecule has 1 aromatic carbocycles. The Hall–Kier alpha value is -1.42. The largest absolute Gasteiger partial charge is 0.362 e. The number of carbonyl (C=O) groups is 1. The molecule has 0 spiro atoms. The van der Waals surface area contributed by atoms with E-state index in [2.05, 4.69) is 0 Å². The van der Waals surface area contributed by atoms with E-state index >= 15 is 0 Å². The number of ether oxygens (including phenoxy) is 1. The molecule has 1 heterocycles. The minimum atomic E-state index is -0.277. The minimum Gasteiger partial charge on any atom is -0.362 e. The predicted octanol–water partition coefficient (Wildman–Crippen LogP) is 1.75. The zero-order valence-corrected chi connectivity index (χ0v) is 9.15. The molecule has 0 aliphatic carbocycles. The topological polar surface area (TPSA) is 29.5 Å². The van der Waals surface area contributed by atoms with E-state index in [0.29, 0.717) is 13.1 Å². The van der Waals surface area contributed by atoms with Gasteiger partial charge < -0.3 is 9.64 Å². The summed E-state index contributed by atoms with van der Waals surface area (Å²) >= 11 is 0. The van der Waals surface area contributed by atoms with Gasteiger partial charge in [-0.15, -0.1) is 0 Å². The highest BCUT2D eigenvalue weighted by molar-refractivity contribution is 5.78. The molecular formula is C12H14FNO2. The Morgan fingerprint density at radius 3 is 3.06 bits per heavy atom. The van der Waals surface area contributed by atoms with Crippen LogP contribution in [0.3, 0.4) is 0 Å². The van der Waals surface area contributed by atoms with Gasteiger partial charge in [0.05, 0.1) is 6.54 Å². The zero-order chi connectivity index (χ0) is 11.5. The summed E-state index contributed by atoms with van der Waals surface area (Å²) in [6, 6.07) is 6.32. The lowest BCUT2D eigenvalue weighted by Gasteiger charge is -2.32. The van der Waals surface area contributed by atoms with Gasteiger partial charge in [-0.2, -0.15) is 0 Å². The monoisotopic (exact) mass is 223 g/mol. The van der Waals surface area contributed by atoms with E-state index in [0.717, 1.165) is 5.56 Å². The molecule has 86 valence electrons. The number of benzene rings is 1. The summed E-state index contributed by atoms with van der Waals surface area (Å²) < 4.78 is 18.4. The summed E-state index contributed by atoms with van der Waals surface area (Å²) in [4.78, 5) is 13.1. The lowest BCUT2D eigenvalue weighted by Crippen LogP contribution is -2.42. The van der Waals surface area contributed by atoms with Gasteiger partial charge in [-0.05, 0) is 24.6 Å². The molecule has 0 radical (unpaired) electrons. The number of morpholine rings is 1. The van der Waals surface area contributed by atoms with Gasteiger partial charge >= 0.3 is 0 Å². The van der Waals surface area contributed by atoms with Gasteiger partial charge in [0.1, 0.15) is 18.5 Å². The van der Waals surface area contributed by atoms with E-state index in [4.69, 9.17) is 4.74 Å². The number of halogens is 1. The summed E-state index contributed by atoms with van der Waals surface area (Å²) in [5.74, 6) is -0.281. The molecule has 1 aliphatic rings. The molecule has 0 bridgehead atoms. The summed E-state index contributed by atoms with van der Waals surface area (Å²) in [7, 11) is 0. The third-order valence-electron chi connectivity index (χ3n) is 2.75. The summed E-state index contributed by atoms with van der Waals surface area (Å²) in [5, 5.41) is 0. The second kappa shape index (κ2) is 4.61. The highest BCUT2D eigenvalue weighted by Gasteiger charge is 2.26. The number of hydrogen-bond acceptors (Lipinski definition) is 2. The van der Waals surface area contributed by atoms with Crippen LogP contribution in [0.4, 0.5) is 4.39 Å². The number of amides is 1. The minimum absolute atomic E-state index is 0.00449. The van der Waals surface area contributed by atoms with E-state index in [1.165, 1.54) is 12.1 Å². The van der Waals surface area contributed by atoms with Crippen LogP contribution in [0.5, 0.6) is 0 Å². The van der Waals surface area contributed by atoms with Gasteiger partial charge in [0, 0.05) is 6.54 Å². The Morgan fingerprint density at radius 2 is 2.38 bits per heavy atom. The van der Waals surface area contributed by atoms with Crippen molar-refractivity contribution in [3.05, 3.63) is 35.6 Å². The highest BCUT2D eigenvalue weighted by Crippen LogP contribution is 2.22. The van der Waals surface area contributed by atoms with Crippen molar-refractivity contribution >= 4 is 5.91 Å². The van der Waals surface area contributed by atoms with Crippen molar-refractivity contribution in [2.75, 3.05) is 19.7 Å². The van der Waals surface area contributed by atoms with E-state index in [1.54, 1.807) is 11.0 Å². The van der Waals surface area contributed by atoms with Gasteiger partial charge in [-0.25, -0.2) is 4.39 Å². The first kappa shape index (κ1) is 11.1. The molecule has 0 aromatic heterocycles. The van der Waals surface area contributed by atoms with Crippen LogP contribution < -0.4 is 0 Å². The number of likely N-dealkylation sites (N-methyl/N-ethyl adjacent to an activating group) is 1. The second-order valence-corrected chi connectivity index (χ2v) is 3.79. The van der Waals surface area contributed by atoms with Crippen LogP contribution in [-0.2, 0) is 9.53 Å². The Labute approximate surface area is 93.8 Å². The molecule has 1 atom stereocenters. The zero-order valence-electron chi connectivity index (χ0n) is 9.15. The molecule has 1 amide bonds. The molecule has 2 rings (SSSR count). The fraction of sp³-hybridized carbons (Fsp3) is 0.417. The molecule has 3 nitrogen and oxygen atoms in total. The van der Waals surface area contributed by atoms with Crippen LogP contribution in [0.1, 0.15) is 18.6 Å². The summed E-state index contributed by atoms with van der Waals surface area (Å²) in [6.45, 7) is 3.16. The van der Waals surface area contributed by atoms with Crippen molar-refractivity contribution in [2.45, 2.75) is 13.0 Å². The summed E-state index contributed by atoms with van der Waals surface area (Å²) in [5.41, 5.74) is 0.783. The van der Waals surface area contributed by atoms with Crippen LogP contribution in [0.15, 0.2) is 24.3 Å². The fourth-order valence-electron chi connectivity index (χ4n) is 1.83. The van der Waals surface area contributed by atoms with Gasteiger partial charge in [0.15, 0.2) is 0 Å². The lowest BCUT2D eigenvalue weighted by atomic mass is 10.1. The van der Waals surface area contributed by atoms with Gasteiger partial charge in [-0.1, -0.05) is 12.1 Å².